The first-order valence-corrected chi connectivity index (χ1v) is 7.48. The minimum absolute atomic E-state index is 0.192. The number of hydrogen-bond donors (Lipinski definition) is 1. The molecule has 0 aromatic rings. The van der Waals surface area contributed by atoms with E-state index in [9.17, 15) is 4.79 Å². The summed E-state index contributed by atoms with van der Waals surface area (Å²) < 4.78 is 0. The Kier molecular flexibility index (Phi) is 9.01. The Labute approximate surface area is 125 Å². The molecule has 1 N–H and O–H groups in total. The van der Waals surface area contributed by atoms with Crippen molar-refractivity contribution in [2.75, 3.05) is 61.4 Å². The highest BCUT2D eigenvalue weighted by molar-refractivity contribution is 5.85. The molecule has 1 amide bonds. The zero-order valence-corrected chi connectivity index (χ0v) is 14.5. The van der Waals surface area contributed by atoms with Crippen molar-refractivity contribution in [3.63, 3.8) is 0 Å². The molecule has 5 heteroatoms. The lowest BCUT2D eigenvalue weighted by molar-refractivity contribution is -0.137. The number of likely N-dealkylation sites (N-methyl/N-ethyl adjacent to an activating group) is 1. The van der Waals surface area contributed by atoms with Gasteiger partial charge in [-0.1, -0.05) is 0 Å². The van der Waals surface area contributed by atoms with Gasteiger partial charge in [0.1, 0.15) is 0 Å². The van der Waals surface area contributed by atoms with Crippen LogP contribution in [0.5, 0.6) is 0 Å². The van der Waals surface area contributed by atoms with Crippen molar-refractivity contribution < 1.29 is 4.79 Å². The zero-order valence-electron chi connectivity index (χ0n) is 14.5. The molecular weight excluding hydrogens is 252 g/mol. The molecule has 0 aromatic carbocycles. The van der Waals surface area contributed by atoms with Crippen molar-refractivity contribution in [2.45, 2.75) is 32.2 Å². The first-order chi connectivity index (χ1) is 9.20. The van der Waals surface area contributed by atoms with Gasteiger partial charge in [0, 0.05) is 13.1 Å². The second-order valence-electron chi connectivity index (χ2n) is 6.48. The highest BCUT2D eigenvalue weighted by Gasteiger charge is 2.29. The van der Waals surface area contributed by atoms with Gasteiger partial charge in [0.15, 0.2) is 0 Å². The molecule has 0 saturated carbocycles. The van der Waals surface area contributed by atoms with Crippen LogP contribution in [-0.4, -0.2) is 87.6 Å². The SMILES string of the molecule is CNC(C)(C)C(=O)N(CCCN(C)C)CCCN(C)C. The maximum absolute atomic E-state index is 12.6. The van der Waals surface area contributed by atoms with E-state index in [0.717, 1.165) is 39.0 Å². The van der Waals surface area contributed by atoms with Gasteiger partial charge in [-0.25, -0.2) is 0 Å². The first kappa shape index (κ1) is 19.4. The van der Waals surface area contributed by atoms with E-state index in [1.807, 2.05) is 25.8 Å². The highest BCUT2D eigenvalue weighted by Crippen LogP contribution is 2.09. The predicted octanol–water partition coefficient (Wildman–Crippen LogP) is 0.716. The second kappa shape index (κ2) is 9.32. The monoisotopic (exact) mass is 286 g/mol. The molecule has 0 radical (unpaired) electrons. The van der Waals surface area contributed by atoms with Crippen molar-refractivity contribution in [1.29, 1.82) is 0 Å². The molecule has 0 fully saturated rings. The van der Waals surface area contributed by atoms with Gasteiger partial charge >= 0.3 is 0 Å². The molecule has 0 aliphatic rings. The lowest BCUT2D eigenvalue weighted by Gasteiger charge is -2.32. The van der Waals surface area contributed by atoms with E-state index >= 15 is 0 Å². The molecule has 0 spiro atoms. The van der Waals surface area contributed by atoms with Gasteiger partial charge in [0.25, 0.3) is 0 Å². The number of carbonyl (C=O) groups excluding carboxylic acids is 1. The molecule has 0 atom stereocenters. The molecule has 0 heterocycles. The summed E-state index contributed by atoms with van der Waals surface area (Å²) in [5, 5.41) is 3.11. The van der Waals surface area contributed by atoms with Crippen molar-refractivity contribution in [3.05, 3.63) is 0 Å². The van der Waals surface area contributed by atoms with Crippen LogP contribution >= 0.6 is 0 Å². The fraction of sp³-hybridized carbons (Fsp3) is 0.933. The smallest absolute Gasteiger partial charge is 0.242 e. The topological polar surface area (TPSA) is 38.8 Å². The molecule has 0 unspecified atom stereocenters. The number of rotatable bonds is 10. The number of nitrogens with zero attached hydrogens (tertiary/aromatic N) is 3. The van der Waals surface area contributed by atoms with E-state index in [2.05, 4.69) is 43.3 Å². The van der Waals surface area contributed by atoms with Gasteiger partial charge in [-0.05, 0) is 75.0 Å². The fourth-order valence-corrected chi connectivity index (χ4v) is 1.97. The maximum atomic E-state index is 12.6. The summed E-state index contributed by atoms with van der Waals surface area (Å²) in [6, 6.07) is 0. The van der Waals surface area contributed by atoms with Crippen LogP contribution in [0.25, 0.3) is 0 Å². The number of hydrogen-bond acceptors (Lipinski definition) is 4. The van der Waals surface area contributed by atoms with Crippen molar-refractivity contribution >= 4 is 5.91 Å². The van der Waals surface area contributed by atoms with Crippen LogP contribution in [0, 0.1) is 0 Å². The van der Waals surface area contributed by atoms with Crippen LogP contribution in [0.2, 0.25) is 0 Å². The van der Waals surface area contributed by atoms with Gasteiger partial charge in [0.05, 0.1) is 5.54 Å². The van der Waals surface area contributed by atoms with Crippen LogP contribution in [-0.2, 0) is 4.79 Å². The van der Waals surface area contributed by atoms with Gasteiger partial charge in [-0.2, -0.15) is 0 Å². The standard InChI is InChI=1S/C15H34N4O/c1-15(2,16-3)14(20)19(12-8-10-17(4)5)13-9-11-18(6)7/h16H,8-13H2,1-7H3. The largest absolute Gasteiger partial charge is 0.341 e. The summed E-state index contributed by atoms with van der Waals surface area (Å²) >= 11 is 0. The molecule has 0 aliphatic heterocycles. The molecule has 120 valence electrons. The van der Waals surface area contributed by atoms with Crippen LogP contribution in [0.1, 0.15) is 26.7 Å². The molecule has 0 aromatic heterocycles. The lowest BCUT2D eigenvalue weighted by Crippen LogP contribution is -2.53. The Bertz CT molecular complexity index is 263. The zero-order chi connectivity index (χ0) is 15.8. The third-order valence-electron chi connectivity index (χ3n) is 3.51. The van der Waals surface area contributed by atoms with E-state index < -0.39 is 5.54 Å². The van der Waals surface area contributed by atoms with E-state index in [4.69, 9.17) is 0 Å². The van der Waals surface area contributed by atoms with Crippen LogP contribution in [0.15, 0.2) is 0 Å². The van der Waals surface area contributed by atoms with Crippen LogP contribution < -0.4 is 5.32 Å². The summed E-state index contributed by atoms with van der Waals surface area (Å²) in [6.45, 7) is 7.57. The average molecular weight is 286 g/mol. The van der Waals surface area contributed by atoms with Gasteiger partial charge < -0.3 is 20.0 Å². The minimum atomic E-state index is -0.490. The molecule has 20 heavy (non-hydrogen) atoms. The molecule has 0 bridgehead atoms. The van der Waals surface area contributed by atoms with Crippen molar-refractivity contribution in [1.82, 2.24) is 20.0 Å². The third kappa shape index (κ3) is 7.82. The summed E-state index contributed by atoms with van der Waals surface area (Å²) in [7, 11) is 10.1. The van der Waals surface area contributed by atoms with Gasteiger partial charge in [-0.15, -0.1) is 0 Å². The van der Waals surface area contributed by atoms with Crippen LogP contribution in [0.3, 0.4) is 0 Å². The van der Waals surface area contributed by atoms with E-state index in [1.165, 1.54) is 0 Å². The second-order valence-corrected chi connectivity index (χ2v) is 6.48. The highest BCUT2D eigenvalue weighted by atomic mass is 16.2. The first-order valence-electron chi connectivity index (χ1n) is 7.48. The Morgan fingerprint density at radius 2 is 1.30 bits per heavy atom. The van der Waals surface area contributed by atoms with Crippen molar-refractivity contribution in [2.24, 2.45) is 0 Å². The summed E-state index contributed by atoms with van der Waals surface area (Å²) in [6.07, 6.45) is 2.03. The molecule has 5 nitrogen and oxygen atoms in total. The minimum Gasteiger partial charge on any atom is -0.341 e. The van der Waals surface area contributed by atoms with Gasteiger partial charge in [0.2, 0.25) is 5.91 Å². The van der Waals surface area contributed by atoms with E-state index in [-0.39, 0.29) is 5.91 Å². The molecule has 0 saturated heterocycles. The summed E-state index contributed by atoms with van der Waals surface area (Å²) in [4.78, 5) is 18.9. The van der Waals surface area contributed by atoms with E-state index in [1.54, 1.807) is 0 Å². The molecule has 0 aliphatic carbocycles. The number of amides is 1. The van der Waals surface area contributed by atoms with Gasteiger partial charge in [-0.3, -0.25) is 4.79 Å². The normalized spacial score (nSPS) is 12.2. The Morgan fingerprint density at radius 3 is 1.60 bits per heavy atom. The Hall–Kier alpha value is -0.650. The predicted molar refractivity (Wildman–Crippen MR) is 86.1 cm³/mol. The summed E-state index contributed by atoms with van der Waals surface area (Å²) in [5.74, 6) is 0.192. The quantitative estimate of drug-likeness (QED) is 0.642. The number of carbonyl (C=O) groups is 1. The molecular formula is C15H34N4O. The maximum Gasteiger partial charge on any atom is 0.242 e. The Morgan fingerprint density at radius 1 is 0.900 bits per heavy atom. The van der Waals surface area contributed by atoms with Crippen molar-refractivity contribution in [3.8, 4) is 0 Å². The average Bonchev–Trinajstić information content (AvgIpc) is 2.35. The van der Waals surface area contributed by atoms with E-state index in [0.29, 0.717) is 0 Å². The summed E-state index contributed by atoms with van der Waals surface area (Å²) in [5.41, 5.74) is -0.490. The third-order valence-corrected chi connectivity index (χ3v) is 3.51. The molecule has 0 rings (SSSR count). The fourth-order valence-electron chi connectivity index (χ4n) is 1.97. The Balaban J connectivity index is 4.48. The van der Waals surface area contributed by atoms with Crippen LogP contribution in [0.4, 0.5) is 0 Å². The number of nitrogens with one attached hydrogen (secondary N) is 1. The lowest BCUT2D eigenvalue weighted by atomic mass is 10.0.